The van der Waals surface area contributed by atoms with Crippen molar-refractivity contribution in [1.82, 2.24) is 19.9 Å². The topological polar surface area (TPSA) is 133 Å². The summed E-state index contributed by atoms with van der Waals surface area (Å²) in [6.45, 7) is 10.2. The minimum Gasteiger partial charge on any atom is -0.444 e. The van der Waals surface area contributed by atoms with Crippen LogP contribution in [0, 0.1) is 24.0 Å². The van der Waals surface area contributed by atoms with E-state index in [9.17, 15) is 14.9 Å². The van der Waals surface area contributed by atoms with E-state index < -0.39 is 10.5 Å². The Morgan fingerprint density at radius 3 is 2.58 bits per heavy atom. The fourth-order valence-electron chi connectivity index (χ4n) is 4.31. The van der Waals surface area contributed by atoms with Crippen molar-refractivity contribution < 1.29 is 19.2 Å². The SMILES string of the molecule is Cc1cc([N+](=O)[O-])cc(C)c1Oc1ncccc1-c1ccnc(NC2CCCN(C(=O)OC(C)(C)C)C2)n1. The van der Waals surface area contributed by atoms with E-state index >= 15 is 0 Å². The summed E-state index contributed by atoms with van der Waals surface area (Å²) in [6.07, 6.45) is 4.64. The molecule has 0 aliphatic carbocycles. The highest BCUT2D eigenvalue weighted by atomic mass is 16.6. The summed E-state index contributed by atoms with van der Waals surface area (Å²) in [5, 5.41) is 14.5. The number of ether oxygens (including phenoxy) is 2. The van der Waals surface area contributed by atoms with Crippen LogP contribution in [0.3, 0.4) is 0 Å². The third kappa shape index (κ3) is 6.53. The summed E-state index contributed by atoms with van der Waals surface area (Å²) in [7, 11) is 0. The zero-order valence-corrected chi connectivity index (χ0v) is 22.2. The number of carbonyl (C=O) groups is 1. The monoisotopic (exact) mass is 520 g/mol. The number of benzene rings is 1. The first kappa shape index (κ1) is 26.8. The Kier molecular flexibility index (Phi) is 7.75. The first-order valence-corrected chi connectivity index (χ1v) is 12.5. The standard InChI is InChI=1S/C27H32N6O5/c1-17-14-20(33(35)36)15-18(2)23(17)37-24-21(9-6-11-28-24)22-10-12-29-25(31-22)30-19-8-7-13-32(16-19)26(34)38-27(3,4)5/h6,9-12,14-15,19H,7-8,13,16H2,1-5H3,(H,29,30,31). The number of rotatable bonds is 6. The second kappa shape index (κ2) is 11.0. The van der Waals surface area contributed by atoms with Gasteiger partial charge >= 0.3 is 6.09 Å². The number of nitro groups is 1. The number of nitrogens with zero attached hydrogens (tertiary/aromatic N) is 5. The molecule has 1 amide bonds. The van der Waals surface area contributed by atoms with Gasteiger partial charge in [0, 0.05) is 43.7 Å². The van der Waals surface area contributed by atoms with Gasteiger partial charge in [0.05, 0.1) is 16.2 Å². The highest BCUT2D eigenvalue weighted by molar-refractivity contribution is 5.69. The zero-order valence-electron chi connectivity index (χ0n) is 22.2. The predicted molar refractivity (Wildman–Crippen MR) is 142 cm³/mol. The summed E-state index contributed by atoms with van der Waals surface area (Å²) in [4.78, 5) is 38.5. The van der Waals surface area contributed by atoms with Gasteiger partial charge in [0.15, 0.2) is 0 Å². The van der Waals surface area contributed by atoms with Crippen LogP contribution in [0.4, 0.5) is 16.4 Å². The van der Waals surface area contributed by atoms with Gasteiger partial charge in [-0.05, 0) is 76.8 Å². The van der Waals surface area contributed by atoms with Crippen molar-refractivity contribution in [2.75, 3.05) is 18.4 Å². The van der Waals surface area contributed by atoms with Crippen LogP contribution >= 0.6 is 0 Å². The van der Waals surface area contributed by atoms with E-state index in [4.69, 9.17) is 9.47 Å². The Morgan fingerprint density at radius 1 is 1.16 bits per heavy atom. The van der Waals surface area contributed by atoms with Crippen molar-refractivity contribution in [3.8, 4) is 22.9 Å². The summed E-state index contributed by atoms with van der Waals surface area (Å²) in [5.74, 6) is 1.26. The number of amides is 1. The fourth-order valence-corrected chi connectivity index (χ4v) is 4.31. The average molecular weight is 521 g/mol. The van der Waals surface area contributed by atoms with Crippen LogP contribution in [-0.2, 0) is 4.74 Å². The van der Waals surface area contributed by atoms with Crippen LogP contribution in [0.5, 0.6) is 11.6 Å². The first-order valence-electron chi connectivity index (χ1n) is 12.5. The van der Waals surface area contributed by atoms with Crippen LogP contribution in [0.15, 0.2) is 42.7 Å². The second-order valence-corrected chi connectivity index (χ2v) is 10.3. The molecule has 3 heterocycles. The van der Waals surface area contributed by atoms with Crippen molar-refractivity contribution in [2.24, 2.45) is 0 Å². The number of anilines is 1. The van der Waals surface area contributed by atoms with E-state index in [2.05, 4.69) is 20.3 Å². The van der Waals surface area contributed by atoms with Gasteiger partial charge in [-0.3, -0.25) is 10.1 Å². The molecule has 3 aromatic rings. The van der Waals surface area contributed by atoms with Crippen molar-refractivity contribution >= 4 is 17.7 Å². The molecule has 38 heavy (non-hydrogen) atoms. The van der Waals surface area contributed by atoms with Crippen LogP contribution in [0.2, 0.25) is 0 Å². The number of nitrogens with one attached hydrogen (secondary N) is 1. The van der Waals surface area contributed by atoms with Gasteiger partial charge < -0.3 is 19.7 Å². The molecular formula is C27H32N6O5. The minimum absolute atomic E-state index is 0.00746. The van der Waals surface area contributed by atoms with E-state index in [1.165, 1.54) is 12.1 Å². The molecule has 2 aromatic heterocycles. The maximum Gasteiger partial charge on any atom is 0.410 e. The zero-order chi connectivity index (χ0) is 27.4. The second-order valence-electron chi connectivity index (χ2n) is 10.3. The number of pyridine rings is 1. The summed E-state index contributed by atoms with van der Waals surface area (Å²) >= 11 is 0. The number of non-ortho nitro benzene ring substituents is 1. The van der Waals surface area contributed by atoms with E-state index in [0.717, 1.165) is 12.8 Å². The smallest absolute Gasteiger partial charge is 0.410 e. The highest BCUT2D eigenvalue weighted by Crippen LogP contribution is 2.35. The lowest BCUT2D eigenvalue weighted by molar-refractivity contribution is -0.385. The highest BCUT2D eigenvalue weighted by Gasteiger charge is 2.28. The van der Waals surface area contributed by atoms with Gasteiger partial charge in [0.25, 0.3) is 5.69 Å². The third-order valence-corrected chi connectivity index (χ3v) is 5.96. The number of carbonyl (C=O) groups excluding carboxylic acids is 1. The number of aromatic nitrogens is 3. The number of hydrogen-bond donors (Lipinski definition) is 1. The quantitative estimate of drug-likeness (QED) is 0.322. The number of piperidine rings is 1. The molecule has 1 atom stereocenters. The summed E-state index contributed by atoms with van der Waals surface area (Å²) in [5.41, 5.74) is 1.96. The molecule has 1 aliphatic rings. The molecular weight excluding hydrogens is 488 g/mol. The molecule has 1 aliphatic heterocycles. The number of nitro benzene ring substituents is 1. The van der Waals surface area contributed by atoms with Crippen molar-refractivity contribution in [3.05, 3.63) is 64.0 Å². The molecule has 11 nitrogen and oxygen atoms in total. The molecule has 0 radical (unpaired) electrons. The predicted octanol–water partition coefficient (Wildman–Crippen LogP) is 5.67. The molecule has 11 heteroatoms. The average Bonchev–Trinajstić information content (AvgIpc) is 2.85. The van der Waals surface area contributed by atoms with Crippen molar-refractivity contribution in [3.63, 3.8) is 0 Å². The van der Waals surface area contributed by atoms with Crippen molar-refractivity contribution in [2.45, 2.75) is 59.1 Å². The molecule has 1 aromatic carbocycles. The minimum atomic E-state index is -0.552. The van der Waals surface area contributed by atoms with E-state index in [-0.39, 0.29) is 17.8 Å². The van der Waals surface area contributed by atoms with Gasteiger partial charge in [0.1, 0.15) is 11.4 Å². The Morgan fingerprint density at radius 2 is 1.89 bits per heavy atom. The van der Waals surface area contributed by atoms with E-state index in [1.54, 1.807) is 43.3 Å². The van der Waals surface area contributed by atoms with Crippen LogP contribution in [0.1, 0.15) is 44.7 Å². The molecule has 1 fully saturated rings. The van der Waals surface area contributed by atoms with Crippen LogP contribution in [0.25, 0.3) is 11.3 Å². The first-order chi connectivity index (χ1) is 18.0. The Balaban J connectivity index is 1.53. The molecule has 4 rings (SSSR count). The molecule has 1 saturated heterocycles. The summed E-state index contributed by atoms with van der Waals surface area (Å²) in [6, 6.07) is 8.31. The van der Waals surface area contributed by atoms with Gasteiger partial charge in [0.2, 0.25) is 11.8 Å². The Labute approximate surface area is 221 Å². The van der Waals surface area contributed by atoms with Gasteiger partial charge in [-0.1, -0.05) is 0 Å². The lowest BCUT2D eigenvalue weighted by atomic mass is 10.1. The fraction of sp³-hybridized carbons (Fsp3) is 0.407. The maximum absolute atomic E-state index is 12.5. The molecule has 1 N–H and O–H groups in total. The van der Waals surface area contributed by atoms with Gasteiger partial charge in [-0.25, -0.2) is 19.7 Å². The number of aryl methyl sites for hydroxylation is 2. The maximum atomic E-state index is 12.5. The third-order valence-electron chi connectivity index (χ3n) is 5.96. The lowest BCUT2D eigenvalue weighted by Gasteiger charge is -2.34. The lowest BCUT2D eigenvalue weighted by Crippen LogP contribution is -2.47. The molecule has 1 unspecified atom stereocenters. The van der Waals surface area contributed by atoms with E-state index in [0.29, 0.717) is 53.1 Å². The number of hydrogen-bond acceptors (Lipinski definition) is 9. The number of likely N-dealkylation sites (tertiary alicyclic amines) is 1. The van der Waals surface area contributed by atoms with E-state index in [1.807, 2.05) is 26.8 Å². The largest absolute Gasteiger partial charge is 0.444 e. The van der Waals surface area contributed by atoms with Crippen LogP contribution < -0.4 is 10.1 Å². The summed E-state index contributed by atoms with van der Waals surface area (Å²) < 4.78 is 11.7. The Hall–Kier alpha value is -4.28. The van der Waals surface area contributed by atoms with Crippen molar-refractivity contribution in [1.29, 1.82) is 0 Å². The van der Waals surface area contributed by atoms with Gasteiger partial charge in [-0.2, -0.15) is 0 Å². The van der Waals surface area contributed by atoms with Gasteiger partial charge in [-0.15, -0.1) is 0 Å². The molecule has 200 valence electrons. The molecule has 0 saturated carbocycles. The normalized spacial score (nSPS) is 15.6. The van der Waals surface area contributed by atoms with Crippen LogP contribution in [-0.4, -0.2) is 55.6 Å². The molecule has 0 bridgehead atoms. The molecule has 0 spiro atoms. The Bertz CT molecular complexity index is 1320.